The van der Waals surface area contributed by atoms with Gasteiger partial charge in [-0.15, -0.1) is 0 Å². The van der Waals surface area contributed by atoms with Crippen LogP contribution in [-0.4, -0.2) is 34.5 Å². The highest BCUT2D eigenvalue weighted by atomic mass is 16.4. The average molecular weight is 209 g/mol. The van der Waals surface area contributed by atoms with Gasteiger partial charge in [-0.2, -0.15) is 0 Å². The zero-order chi connectivity index (χ0) is 10.8. The van der Waals surface area contributed by atoms with Gasteiger partial charge in [0.2, 0.25) is 5.91 Å². The molecule has 1 N–H and O–H groups in total. The number of hydrogen-bond donors (Lipinski definition) is 1. The van der Waals surface area contributed by atoms with E-state index in [0.717, 1.165) is 25.5 Å². The molecule has 0 aromatic carbocycles. The van der Waals surface area contributed by atoms with E-state index in [1.165, 1.54) is 18.9 Å². The van der Waals surface area contributed by atoms with Gasteiger partial charge >= 0.3 is 5.97 Å². The second kappa shape index (κ2) is 4.04. The van der Waals surface area contributed by atoms with Gasteiger partial charge in [0.15, 0.2) is 0 Å². The number of rotatable bonds is 2. The first-order valence-corrected chi connectivity index (χ1v) is 5.38. The van der Waals surface area contributed by atoms with Gasteiger partial charge in [0.25, 0.3) is 0 Å². The quantitative estimate of drug-likeness (QED) is 0.691. The molecule has 0 spiro atoms. The third-order valence-corrected chi connectivity index (χ3v) is 3.36. The summed E-state index contributed by atoms with van der Waals surface area (Å²) in [5, 5.41) is 8.44. The summed E-state index contributed by atoms with van der Waals surface area (Å²) in [6, 6.07) is 0.348. The molecule has 2 bridgehead atoms. The van der Waals surface area contributed by atoms with Crippen molar-refractivity contribution in [2.45, 2.75) is 31.7 Å². The van der Waals surface area contributed by atoms with E-state index in [-0.39, 0.29) is 5.91 Å². The van der Waals surface area contributed by atoms with E-state index in [2.05, 4.69) is 0 Å². The molecule has 3 rings (SSSR count). The fourth-order valence-corrected chi connectivity index (χ4v) is 2.57. The molecule has 4 heteroatoms. The molecule has 1 aliphatic carbocycles. The summed E-state index contributed by atoms with van der Waals surface area (Å²) in [4.78, 5) is 23.8. The third-order valence-electron chi connectivity index (χ3n) is 3.36. The van der Waals surface area contributed by atoms with Crippen LogP contribution >= 0.6 is 0 Å². The molecular weight excluding hydrogens is 194 g/mol. The van der Waals surface area contributed by atoms with Crippen molar-refractivity contribution in [2.75, 3.05) is 6.54 Å². The van der Waals surface area contributed by atoms with Gasteiger partial charge in [-0.25, -0.2) is 4.79 Å². The van der Waals surface area contributed by atoms with Gasteiger partial charge in [0.05, 0.1) is 0 Å². The van der Waals surface area contributed by atoms with Crippen molar-refractivity contribution in [3.8, 4) is 0 Å². The molecule has 2 saturated heterocycles. The number of hydrogen-bond acceptors (Lipinski definition) is 2. The SMILES string of the molecule is O=C(O)/C=C\C(=O)N1CC2CCC1CC2. The van der Waals surface area contributed by atoms with Crippen LogP contribution in [0.15, 0.2) is 12.2 Å². The van der Waals surface area contributed by atoms with Crippen molar-refractivity contribution >= 4 is 11.9 Å². The van der Waals surface area contributed by atoms with Crippen LogP contribution in [0.5, 0.6) is 0 Å². The fourth-order valence-electron chi connectivity index (χ4n) is 2.57. The van der Waals surface area contributed by atoms with Gasteiger partial charge in [-0.3, -0.25) is 4.79 Å². The molecule has 1 saturated carbocycles. The Labute approximate surface area is 88.6 Å². The summed E-state index contributed by atoms with van der Waals surface area (Å²) in [6.45, 7) is 0.813. The molecule has 15 heavy (non-hydrogen) atoms. The van der Waals surface area contributed by atoms with E-state index in [1.54, 1.807) is 0 Å². The highest BCUT2D eigenvalue weighted by Crippen LogP contribution is 2.34. The zero-order valence-electron chi connectivity index (χ0n) is 8.56. The minimum absolute atomic E-state index is 0.146. The van der Waals surface area contributed by atoms with E-state index in [9.17, 15) is 9.59 Å². The molecule has 1 amide bonds. The lowest BCUT2D eigenvalue weighted by Crippen LogP contribution is -2.50. The molecule has 0 atom stereocenters. The summed E-state index contributed by atoms with van der Waals surface area (Å²) in [7, 11) is 0. The van der Waals surface area contributed by atoms with E-state index in [4.69, 9.17) is 5.11 Å². The van der Waals surface area contributed by atoms with Crippen LogP contribution in [-0.2, 0) is 9.59 Å². The fraction of sp³-hybridized carbons (Fsp3) is 0.636. The Balaban J connectivity index is 1.99. The Bertz CT molecular complexity index is 303. The highest BCUT2D eigenvalue weighted by Gasteiger charge is 2.35. The van der Waals surface area contributed by atoms with Crippen molar-refractivity contribution in [2.24, 2.45) is 5.92 Å². The summed E-state index contributed by atoms with van der Waals surface area (Å²) in [5.41, 5.74) is 0. The van der Waals surface area contributed by atoms with Gasteiger partial charge in [-0.05, 0) is 31.6 Å². The Morgan fingerprint density at radius 2 is 1.80 bits per heavy atom. The van der Waals surface area contributed by atoms with Crippen molar-refractivity contribution in [3.05, 3.63) is 12.2 Å². The molecule has 3 fully saturated rings. The smallest absolute Gasteiger partial charge is 0.328 e. The predicted octanol–water partition coefficient (Wildman–Crippen LogP) is 1.03. The number of carbonyl (C=O) groups is 2. The summed E-state index contributed by atoms with van der Waals surface area (Å²) in [6.07, 6.45) is 6.69. The average Bonchev–Trinajstić information content (AvgIpc) is 2.27. The Morgan fingerprint density at radius 1 is 1.13 bits per heavy atom. The maximum Gasteiger partial charge on any atom is 0.328 e. The van der Waals surface area contributed by atoms with Crippen molar-refractivity contribution in [3.63, 3.8) is 0 Å². The van der Waals surface area contributed by atoms with E-state index < -0.39 is 5.97 Å². The lowest BCUT2D eigenvalue weighted by Gasteiger charge is -2.44. The molecule has 2 heterocycles. The minimum atomic E-state index is -1.06. The number of piperidine rings is 2. The van der Waals surface area contributed by atoms with Gasteiger partial charge in [0.1, 0.15) is 0 Å². The number of nitrogens with zero attached hydrogens (tertiary/aromatic N) is 1. The van der Waals surface area contributed by atoms with Crippen molar-refractivity contribution in [1.82, 2.24) is 4.90 Å². The number of carboxylic acid groups (broad SMARTS) is 1. The normalized spacial score (nSPS) is 29.7. The number of fused-ring (bicyclic) bond motifs is 3. The molecule has 82 valence electrons. The van der Waals surface area contributed by atoms with Crippen LogP contribution in [0, 0.1) is 5.92 Å². The first-order valence-electron chi connectivity index (χ1n) is 5.38. The van der Waals surface area contributed by atoms with E-state index in [1.807, 2.05) is 4.90 Å². The van der Waals surface area contributed by atoms with Crippen LogP contribution in [0.1, 0.15) is 25.7 Å². The Kier molecular flexibility index (Phi) is 2.75. The summed E-state index contributed by atoms with van der Waals surface area (Å²) in [5.74, 6) is -0.575. The number of carbonyl (C=O) groups excluding carboxylic acids is 1. The maximum atomic E-state index is 11.7. The molecular formula is C11H15NO3. The molecule has 0 aromatic rings. The lowest BCUT2D eigenvalue weighted by atomic mass is 9.80. The maximum absolute atomic E-state index is 11.7. The molecule has 2 aliphatic heterocycles. The first kappa shape index (κ1) is 10.2. The molecule has 0 unspecified atom stereocenters. The molecule has 4 nitrogen and oxygen atoms in total. The lowest BCUT2D eigenvalue weighted by molar-refractivity contribution is -0.135. The topological polar surface area (TPSA) is 57.6 Å². The monoisotopic (exact) mass is 209 g/mol. The van der Waals surface area contributed by atoms with E-state index >= 15 is 0 Å². The Hall–Kier alpha value is -1.32. The number of carboxylic acids is 1. The largest absolute Gasteiger partial charge is 0.478 e. The second-order valence-electron chi connectivity index (χ2n) is 4.34. The van der Waals surface area contributed by atoms with Crippen LogP contribution < -0.4 is 0 Å². The van der Waals surface area contributed by atoms with Crippen LogP contribution in [0.3, 0.4) is 0 Å². The van der Waals surface area contributed by atoms with Crippen molar-refractivity contribution in [1.29, 1.82) is 0 Å². The Morgan fingerprint density at radius 3 is 2.27 bits per heavy atom. The second-order valence-corrected chi connectivity index (χ2v) is 4.34. The standard InChI is InChI=1S/C11H15NO3/c13-10(5-6-11(14)15)12-7-8-1-3-9(12)4-2-8/h5-6,8-9H,1-4,7H2,(H,14,15)/b6-5-. The predicted molar refractivity (Wildman–Crippen MR) is 54.2 cm³/mol. The van der Waals surface area contributed by atoms with Gasteiger partial charge in [0, 0.05) is 24.7 Å². The van der Waals surface area contributed by atoms with Gasteiger partial charge < -0.3 is 10.0 Å². The summed E-state index contributed by atoms with van der Waals surface area (Å²) >= 11 is 0. The summed E-state index contributed by atoms with van der Waals surface area (Å²) < 4.78 is 0. The van der Waals surface area contributed by atoms with Crippen LogP contribution in [0.25, 0.3) is 0 Å². The molecule has 3 aliphatic rings. The van der Waals surface area contributed by atoms with Gasteiger partial charge in [-0.1, -0.05) is 0 Å². The molecule has 0 aromatic heterocycles. The third kappa shape index (κ3) is 2.19. The number of amides is 1. The van der Waals surface area contributed by atoms with Crippen molar-refractivity contribution < 1.29 is 14.7 Å². The minimum Gasteiger partial charge on any atom is -0.478 e. The van der Waals surface area contributed by atoms with E-state index in [0.29, 0.717) is 12.0 Å². The zero-order valence-corrected chi connectivity index (χ0v) is 8.56. The molecule has 0 radical (unpaired) electrons. The number of aliphatic carboxylic acids is 1. The highest BCUT2D eigenvalue weighted by molar-refractivity contribution is 5.94. The van der Waals surface area contributed by atoms with Crippen LogP contribution in [0.2, 0.25) is 0 Å². The van der Waals surface area contributed by atoms with Crippen LogP contribution in [0.4, 0.5) is 0 Å². The first-order chi connectivity index (χ1) is 7.16.